The molecule has 102 valence electrons. The molecule has 0 aliphatic heterocycles. The van der Waals surface area contributed by atoms with E-state index in [4.69, 9.17) is 5.73 Å². The Labute approximate surface area is 129 Å². The quantitative estimate of drug-likeness (QED) is 0.703. The largest absolute Gasteiger partial charge is 0.323 e. The second kappa shape index (κ2) is 5.64. The van der Waals surface area contributed by atoms with Crippen LogP contribution in [0.25, 0.3) is 10.1 Å². The first-order chi connectivity index (χ1) is 9.61. The molecule has 2 N–H and O–H groups in total. The minimum atomic E-state index is -0.206. The van der Waals surface area contributed by atoms with E-state index in [1.54, 1.807) is 17.4 Å². The molecule has 0 saturated heterocycles. The van der Waals surface area contributed by atoms with Crippen LogP contribution in [-0.2, 0) is 6.42 Å². The highest BCUT2D eigenvalue weighted by molar-refractivity contribution is 9.10. The minimum Gasteiger partial charge on any atom is -0.323 e. The molecule has 0 fully saturated rings. The first kappa shape index (κ1) is 13.7. The molecule has 0 spiro atoms. The van der Waals surface area contributed by atoms with Crippen molar-refractivity contribution >= 4 is 37.4 Å². The van der Waals surface area contributed by atoms with Gasteiger partial charge in [-0.25, -0.2) is 4.39 Å². The Morgan fingerprint density at radius 3 is 2.80 bits per heavy atom. The summed E-state index contributed by atoms with van der Waals surface area (Å²) in [5.74, 6) is -0.206. The monoisotopic (exact) mass is 349 g/mol. The summed E-state index contributed by atoms with van der Waals surface area (Å²) in [4.78, 5) is 1.09. The molecule has 1 unspecified atom stereocenters. The Balaban J connectivity index is 1.86. The van der Waals surface area contributed by atoms with Crippen LogP contribution in [0.3, 0.4) is 0 Å². The van der Waals surface area contributed by atoms with E-state index in [9.17, 15) is 4.39 Å². The van der Waals surface area contributed by atoms with Gasteiger partial charge in [-0.1, -0.05) is 28.1 Å². The highest BCUT2D eigenvalue weighted by Gasteiger charge is 2.11. The summed E-state index contributed by atoms with van der Waals surface area (Å²) in [5.41, 5.74) is 7.47. The molecule has 1 aromatic heterocycles. The van der Waals surface area contributed by atoms with Gasteiger partial charge in [0.05, 0.1) is 0 Å². The molecule has 20 heavy (non-hydrogen) atoms. The molecular formula is C16H13BrFNS. The number of hydrogen-bond donors (Lipinski definition) is 1. The summed E-state index contributed by atoms with van der Waals surface area (Å²) in [6.45, 7) is 0. The van der Waals surface area contributed by atoms with Crippen LogP contribution in [-0.4, -0.2) is 0 Å². The average Bonchev–Trinajstić information content (AvgIpc) is 2.81. The van der Waals surface area contributed by atoms with Crippen LogP contribution in [0, 0.1) is 5.82 Å². The average molecular weight is 350 g/mol. The molecule has 4 heteroatoms. The predicted octanol–water partition coefficient (Wildman–Crippen LogP) is 5.05. The Bertz CT molecular complexity index is 753. The second-order valence-electron chi connectivity index (χ2n) is 4.77. The zero-order valence-corrected chi connectivity index (χ0v) is 13.0. The highest BCUT2D eigenvalue weighted by atomic mass is 79.9. The molecule has 3 aromatic rings. The maximum atomic E-state index is 13.2. The summed E-state index contributed by atoms with van der Waals surface area (Å²) in [7, 11) is 0. The molecule has 0 saturated carbocycles. The maximum Gasteiger partial charge on any atom is 0.123 e. The summed E-state index contributed by atoms with van der Waals surface area (Å²) >= 11 is 5.10. The van der Waals surface area contributed by atoms with Gasteiger partial charge in [0.1, 0.15) is 5.82 Å². The third-order valence-corrected chi connectivity index (χ3v) is 4.95. The second-order valence-corrected chi connectivity index (χ2v) is 6.80. The van der Waals surface area contributed by atoms with E-state index in [0.29, 0.717) is 0 Å². The zero-order valence-electron chi connectivity index (χ0n) is 10.6. The van der Waals surface area contributed by atoms with E-state index >= 15 is 0 Å². The van der Waals surface area contributed by atoms with Crippen molar-refractivity contribution < 1.29 is 4.39 Å². The zero-order chi connectivity index (χ0) is 14.1. The van der Waals surface area contributed by atoms with E-state index in [-0.39, 0.29) is 11.9 Å². The standard InChI is InChI=1S/C16H13BrFNS/c17-12-3-1-2-10(6-12)7-14(19)16-9-11-8-13(18)4-5-15(11)20-16/h1-6,8-9,14H,7,19H2. The van der Waals surface area contributed by atoms with Gasteiger partial charge in [0.15, 0.2) is 0 Å². The number of hydrogen-bond acceptors (Lipinski definition) is 2. The van der Waals surface area contributed by atoms with Crippen LogP contribution in [0.5, 0.6) is 0 Å². The van der Waals surface area contributed by atoms with Gasteiger partial charge >= 0.3 is 0 Å². The number of halogens is 2. The SMILES string of the molecule is NC(Cc1cccc(Br)c1)c1cc2cc(F)ccc2s1. The minimum absolute atomic E-state index is 0.0650. The summed E-state index contributed by atoms with van der Waals surface area (Å²) < 4.78 is 15.3. The third kappa shape index (κ3) is 2.92. The molecule has 0 bridgehead atoms. The molecule has 0 aliphatic rings. The lowest BCUT2D eigenvalue weighted by Crippen LogP contribution is -2.11. The van der Waals surface area contributed by atoms with Gasteiger partial charge in [-0.2, -0.15) is 0 Å². The van der Waals surface area contributed by atoms with Crippen LogP contribution in [0.2, 0.25) is 0 Å². The lowest BCUT2D eigenvalue weighted by molar-refractivity contribution is 0.630. The first-order valence-corrected chi connectivity index (χ1v) is 7.92. The van der Waals surface area contributed by atoms with Crippen LogP contribution in [0.4, 0.5) is 4.39 Å². The van der Waals surface area contributed by atoms with E-state index in [1.807, 2.05) is 24.3 Å². The van der Waals surface area contributed by atoms with Crippen molar-refractivity contribution in [3.05, 3.63) is 69.3 Å². The number of benzene rings is 2. The van der Waals surface area contributed by atoms with Gasteiger partial charge in [-0.05, 0) is 53.8 Å². The van der Waals surface area contributed by atoms with Crippen molar-refractivity contribution in [2.45, 2.75) is 12.5 Å². The number of nitrogens with two attached hydrogens (primary N) is 1. The van der Waals surface area contributed by atoms with Crippen LogP contribution in [0.1, 0.15) is 16.5 Å². The van der Waals surface area contributed by atoms with Gasteiger partial charge in [0, 0.05) is 20.1 Å². The van der Waals surface area contributed by atoms with Crippen molar-refractivity contribution in [1.82, 2.24) is 0 Å². The fraction of sp³-hybridized carbons (Fsp3) is 0.125. The van der Waals surface area contributed by atoms with Crippen LogP contribution in [0.15, 0.2) is 53.0 Å². The van der Waals surface area contributed by atoms with Crippen molar-refractivity contribution in [2.24, 2.45) is 5.73 Å². The van der Waals surface area contributed by atoms with E-state index < -0.39 is 0 Å². The van der Waals surface area contributed by atoms with Crippen molar-refractivity contribution in [2.75, 3.05) is 0 Å². The molecule has 1 atom stereocenters. The lowest BCUT2D eigenvalue weighted by Gasteiger charge is -2.09. The number of fused-ring (bicyclic) bond motifs is 1. The van der Waals surface area contributed by atoms with Gasteiger partial charge < -0.3 is 5.73 Å². The van der Waals surface area contributed by atoms with Crippen molar-refractivity contribution in [3.63, 3.8) is 0 Å². The van der Waals surface area contributed by atoms with E-state index in [1.165, 1.54) is 11.6 Å². The van der Waals surface area contributed by atoms with Crippen molar-refractivity contribution in [1.29, 1.82) is 0 Å². The van der Waals surface area contributed by atoms with Crippen LogP contribution < -0.4 is 5.73 Å². The fourth-order valence-electron chi connectivity index (χ4n) is 2.24. The molecule has 2 aromatic carbocycles. The van der Waals surface area contributed by atoms with Crippen molar-refractivity contribution in [3.8, 4) is 0 Å². The normalized spacial score (nSPS) is 12.8. The number of thiophene rings is 1. The number of rotatable bonds is 3. The summed E-state index contributed by atoms with van der Waals surface area (Å²) in [6.07, 6.45) is 0.773. The van der Waals surface area contributed by atoms with Gasteiger partial charge in [-0.3, -0.25) is 0 Å². The Hall–Kier alpha value is -1.23. The third-order valence-electron chi connectivity index (χ3n) is 3.21. The smallest absolute Gasteiger partial charge is 0.123 e. The molecule has 1 heterocycles. The summed E-state index contributed by atoms with van der Waals surface area (Å²) in [5, 5.41) is 0.926. The Morgan fingerprint density at radius 2 is 2.00 bits per heavy atom. The molecule has 3 rings (SSSR count). The van der Waals surface area contributed by atoms with E-state index in [2.05, 4.69) is 28.1 Å². The van der Waals surface area contributed by atoms with Crippen LogP contribution >= 0.6 is 27.3 Å². The molecule has 0 aliphatic carbocycles. The topological polar surface area (TPSA) is 26.0 Å². The molecule has 0 amide bonds. The lowest BCUT2D eigenvalue weighted by atomic mass is 10.1. The molecule has 0 radical (unpaired) electrons. The summed E-state index contributed by atoms with van der Waals surface area (Å²) in [6, 6.07) is 14.9. The highest BCUT2D eigenvalue weighted by Crippen LogP contribution is 2.31. The Morgan fingerprint density at radius 1 is 1.15 bits per heavy atom. The predicted molar refractivity (Wildman–Crippen MR) is 86.6 cm³/mol. The maximum absolute atomic E-state index is 13.2. The van der Waals surface area contributed by atoms with Gasteiger partial charge in [-0.15, -0.1) is 11.3 Å². The molecular weight excluding hydrogens is 337 g/mol. The Kier molecular flexibility index (Phi) is 3.87. The fourth-order valence-corrected chi connectivity index (χ4v) is 3.73. The van der Waals surface area contributed by atoms with Gasteiger partial charge in [0.25, 0.3) is 0 Å². The van der Waals surface area contributed by atoms with Gasteiger partial charge in [0.2, 0.25) is 0 Å². The van der Waals surface area contributed by atoms with E-state index in [0.717, 1.165) is 25.9 Å². The first-order valence-electron chi connectivity index (χ1n) is 6.31. The molecule has 1 nitrogen and oxygen atoms in total.